The Kier molecular flexibility index (Phi) is 6.45. The van der Waals surface area contributed by atoms with Crippen molar-refractivity contribution >= 4 is 63.2 Å². The van der Waals surface area contributed by atoms with Crippen molar-refractivity contribution in [2.75, 3.05) is 11.9 Å². The fourth-order valence-electron chi connectivity index (χ4n) is 3.32. The number of carbonyl (C=O) groups excluding carboxylic acids is 2. The molecule has 7 nitrogen and oxygen atoms in total. The van der Waals surface area contributed by atoms with Crippen molar-refractivity contribution in [1.29, 1.82) is 0 Å². The molecule has 0 atom stereocenters. The molecule has 1 N–H and O–H groups in total. The van der Waals surface area contributed by atoms with Crippen molar-refractivity contribution in [2.24, 2.45) is 7.05 Å². The summed E-state index contributed by atoms with van der Waals surface area (Å²) in [6.07, 6.45) is 1.83. The fourth-order valence-corrected chi connectivity index (χ4v) is 5.35. The molecule has 2 amide bonds. The first kappa shape index (κ1) is 22.3. The summed E-state index contributed by atoms with van der Waals surface area (Å²) in [6, 6.07) is 13.1. The van der Waals surface area contributed by atoms with Gasteiger partial charge in [0, 0.05) is 24.9 Å². The number of nitrogens with one attached hydrogen (secondary N) is 1. The number of hydrogen-bond donors (Lipinski definition) is 1. The molecule has 1 fully saturated rings. The fraction of sp³-hybridized carbons (Fsp3) is 0.182. The van der Waals surface area contributed by atoms with Crippen LogP contribution in [-0.4, -0.2) is 36.9 Å². The van der Waals surface area contributed by atoms with Gasteiger partial charge < -0.3 is 5.32 Å². The zero-order chi connectivity index (χ0) is 22.8. The molecule has 0 aliphatic carbocycles. The second-order valence-corrected chi connectivity index (χ2v) is 9.74. The quantitative estimate of drug-likeness (QED) is 0.426. The van der Waals surface area contributed by atoms with Gasteiger partial charge in [0.25, 0.3) is 11.5 Å². The SMILES string of the molecule is Cc1c(NC(=O)CCN2C(=O)C(=Cc3cccs3)SC2=S)c(=O)n(-c2ccccc2)n1C. The van der Waals surface area contributed by atoms with Crippen LogP contribution in [0.15, 0.2) is 57.5 Å². The van der Waals surface area contributed by atoms with Crippen LogP contribution in [0.1, 0.15) is 17.0 Å². The molecule has 164 valence electrons. The highest BCUT2D eigenvalue weighted by molar-refractivity contribution is 8.26. The lowest BCUT2D eigenvalue weighted by Crippen LogP contribution is -2.32. The number of hydrogen-bond acceptors (Lipinski definition) is 6. The maximum Gasteiger partial charge on any atom is 0.295 e. The Labute approximate surface area is 198 Å². The summed E-state index contributed by atoms with van der Waals surface area (Å²) >= 11 is 8.10. The maximum atomic E-state index is 12.9. The average Bonchev–Trinajstić information content (AvgIpc) is 3.44. The van der Waals surface area contributed by atoms with Gasteiger partial charge in [0.05, 0.1) is 16.3 Å². The number of anilines is 1. The molecule has 1 aliphatic rings. The zero-order valence-electron chi connectivity index (χ0n) is 17.4. The summed E-state index contributed by atoms with van der Waals surface area (Å²) in [5, 5.41) is 4.66. The molecule has 1 saturated heterocycles. The van der Waals surface area contributed by atoms with E-state index >= 15 is 0 Å². The monoisotopic (exact) mass is 484 g/mol. The van der Waals surface area contributed by atoms with Crippen molar-refractivity contribution in [2.45, 2.75) is 13.3 Å². The van der Waals surface area contributed by atoms with E-state index in [0.717, 1.165) is 4.88 Å². The van der Waals surface area contributed by atoms with Gasteiger partial charge in [-0.3, -0.25) is 24.0 Å². The molecule has 4 rings (SSSR count). The molecule has 3 heterocycles. The van der Waals surface area contributed by atoms with E-state index in [4.69, 9.17) is 12.2 Å². The summed E-state index contributed by atoms with van der Waals surface area (Å²) in [7, 11) is 1.76. The second kappa shape index (κ2) is 9.27. The van der Waals surface area contributed by atoms with Crippen LogP contribution in [0.3, 0.4) is 0 Å². The number of carbonyl (C=O) groups is 2. The molecule has 32 heavy (non-hydrogen) atoms. The molecule has 0 spiro atoms. The van der Waals surface area contributed by atoms with Crippen LogP contribution in [0, 0.1) is 6.92 Å². The van der Waals surface area contributed by atoms with Crippen LogP contribution < -0.4 is 10.9 Å². The molecule has 1 aliphatic heterocycles. The van der Waals surface area contributed by atoms with Crippen LogP contribution >= 0.6 is 35.3 Å². The minimum absolute atomic E-state index is 0.0256. The Balaban J connectivity index is 1.44. The third-order valence-corrected chi connectivity index (χ3v) is 7.27. The van der Waals surface area contributed by atoms with Crippen molar-refractivity contribution < 1.29 is 9.59 Å². The number of thiophene rings is 1. The Morgan fingerprint density at radius 1 is 1.16 bits per heavy atom. The number of benzene rings is 1. The van der Waals surface area contributed by atoms with E-state index in [1.807, 2.05) is 53.9 Å². The molecule has 0 saturated carbocycles. The number of rotatable bonds is 6. The molecule has 1 aromatic carbocycles. The average molecular weight is 485 g/mol. The molecule has 10 heteroatoms. The van der Waals surface area contributed by atoms with Crippen LogP contribution in [-0.2, 0) is 16.6 Å². The summed E-state index contributed by atoms with van der Waals surface area (Å²) < 4.78 is 3.63. The number of para-hydroxylation sites is 1. The Bertz CT molecular complexity index is 1270. The minimum atomic E-state index is -0.354. The van der Waals surface area contributed by atoms with Crippen molar-refractivity contribution in [3.05, 3.63) is 73.7 Å². The number of amides is 2. The van der Waals surface area contributed by atoms with E-state index in [-0.39, 0.29) is 36.0 Å². The Morgan fingerprint density at radius 2 is 1.91 bits per heavy atom. The van der Waals surface area contributed by atoms with Gasteiger partial charge in [0.1, 0.15) is 10.0 Å². The summed E-state index contributed by atoms with van der Waals surface area (Å²) in [5.74, 6) is -0.559. The summed E-state index contributed by atoms with van der Waals surface area (Å²) in [4.78, 5) is 41.2. The molecule has 3 aromatic rings. The standard InChI is InChI=1S/C22H20N4O3S3/c1-14-19(21(29)26(24(14)2)15-7-4-3-5-8-15)23-18(27)10-11-25-20(28)17(32-22(25)30)13-16-9-6-12-31-16/h3-9,12-13H,10-11H2,1-2H3,(H,23,27). The van der Waals surface area contributed by atoms with E-state index < -0.39 is 0 Å². The highest BCUT2D eigenvalue weighted by Gasteiger charge is 2.32. The van der Waals surface area contributed by atoms with Gasteiger partial charge >= 0.3 is 0 Å². The predicted octanol–water partition coefficient (Wildman–Crippen LogP) is 3.78. The van der Waals surface area contributed by atoms with Crippen molar-refractivity contribution in [1.82, 2.24) is 14.3 Å². The molecule has 2 aromatic heterocycles. The van der Waals surface area contributed by atoms with E-state index in [9.17, 15) is 14.4 Å². The normalized spacial score (nSPS) is 15.1. The summed E-state index contributed by atoms with van der Waals surface area (Å²) in [6.45, 7) is 1.92. The smallest absolute Gasteiger partial charge is 0.295 e. The van der Waals surface area contributed by atoms with Crippen LogP contribution in [0.25, 0.3) is 11.8 Å². The first-order chi connectivity index (χ1) is 15.4. The number of aromatic nitrogens is 2. The van der Waals surface area contributed by atoms with E-state index in [0.29, 0.717) is 20.6 Å². The largest absolute Gasteiger partial charge is 0.320 e. The second-order valence-electron chi connectivity index (χ2n) is 7.08. The van der Waals surface area contributed by atoms with Gasteiger partial charge in [-0.15, -0.1) is 11.3 Å². The first-order valence-corrected chi connectivity index (χ1v) is 11.9. The lowest BCUT2D eigenvalue weighted by atomic mass is 10.3. The van der Waals surface area contributed by atoms with Crippen LogP contribution in [0.2, 0.25) is 0 Å². The molecule has 0 radical (unpaired) electrons. The molecule has 0 bridgehead atoms. The number of thiocarbonyl (C=S) groups is 1. The first-order valence-electron chi connectivity index (χ1n) is 9.79. The van der Waals surface area contributed by atoms with Gasteiger partial charge in [0.2, 0.25) is 5.91 Å². The highest BCUT2D eigenvalue weighted by Crippen LogP contribution is 2.33. The zero-order valence-corrected chi connectivity index (χ0v) is 19.9. The predicted molar refractivity (Wildman–Crippen MR) is 133 cm³/mol. The number of nitrogens with zero attached hydrogens (tertiary/aromatic N) is 3. The third kappa shape index (κ3) is 4.34. The van der Waals surface area contributed by atoms with Crippen LogP contribution in [0.5, 0.6) is 0 Å². The maximum absolute atomic E-state index is 12.9. The van der Waals surface area contributed by atoms with Crippen LogP contribution in [0.4, 0.5) is 5.69 Å². The van der Waals surface area contributed by atoms with Crippen molar-refractivity contribution in [3.8, 4) is 5.69 Å². The molecule has 0 unspecified atom stereocenters. The topological polar surface area (TPSA) is 76.3 Å². The highest BCUT2D eigenvalue weighted by atomic mass is 32.2. The van der Waals surface area contributed by atoms with Gasteiger partial charge in [-0.1, -0.05) is 48.2 Å². The number of thioether (sulfide) groups is 1. The Hall–Kier alpha value is -2.95. The van der Waals surface area contributed by atoms with Gasteiger partial charge in [-0.25, -0.2) is 4.68 Å². The lowest BCUT2D eigenvalue weighted by Gasteiger charge is -2.13. The van der Waals surface area contributed by atoms with E-state index in [1.165, 1.54) is 32.7 Å². The third-order valence-electron chi connectivity index (χ3n) is 5.07. The lowest BCUT2D eigenvalue weighted by molar-refractivity contribution is -0.122. The van der Waals surface area contributed by atoms with E-state index in [1.54, 1.807) is 18.7 Å². The minimum Gasteiger partial charge on any atom is -0.320 e. The molecular weight excluding hydrogens is 464 g/mol. The Morgan fingerprint density at radius 3 is 2.59 bits per heavy atom. The van der Waals surface area contributed by atoms with E-state index in [2.05, 4.69) is 5.32 Å². The van der Waals surface area contributed by atoms with Gasteiger partial charge in [-0.2, -0.15) is 0 Å². The van der Waals surface area contributed by atoms with Gasteiger partial charge in [0.15, 0.2) is 0 Å². The summed E-state index contributed by atoms with van der Waals surface area (Å²) in [5.41, 5.74) is 1.26. The van der Waals surface area contributed by atoms with Gasteiger partial charge in [-0.05, 0) is 36.6 Å². The van der Waals surface area contributed by atoms with Crippen molar-refractivity contribution in [3.63, 3.8) is 0 Å². The molecular formula is C22H20N4O3S3.